The van der Waals surface area contributed by atoms with Gasteiger partial charge in [-0.15, -0.1) is 0 Å². The van der Waals surface area contributed by atoms with Crippen molar-refractivity contribution in [2.45, 2.75) is 45.9 Å². The monoisotopic (exact) mass is 476 g/mol. The Bertz CT molecular complexity index is 1020. The second-order valence-electron chi connectivity index (χ2n) is 9.15. The highest BCUT2D eigenvalue weighted by molar-refractivity contribution is 5.96. The number of hydrogen-bond acceptors (Lipinski definition) is 4. The molecular weight excluding hydrogens is 445 g/mol. The molecule has 0 saturated heterocycles. The molecule has 2 aromatic carbocycles. The summed E-state index contributed by atoms with van der Waals surface area (Å²) in [6, 6.07) is 9.79. The molecule has 0 N–H and O–H groups in total. The first kappa shape index (κ1) is 25.7. The van der Waals surface area contributed by atoms with Crippen LogP contribution in [-0.4, -0.2) is 43.8 Å². The molecule has 1 aliphatic rings. The van der Waals surface area contributed by atoms with Gasteiger partial charge in [0.1, 0.15) is 18.6 Å². The summed E-state index contributed by atoms with van der Waals surface area (Å²) in [5.74, 6) is 0.635. The van der Waals surface area contributed by atoms with Crippen LogP contribution in [0.3, 0.4) is 0 Å². The van der Waals surface area contributed by atoms with Gasteiger partial charge in [-0.1, -0.05) is 26.0 Å². The molecule has 0 atom stereocenters. The van der Waals surface area contributed by atoms with Gasteiger partial charge in [0.25, 0.3) is 0 Å². The largest absolute Gasteiger partial charge is 0.489 e. The van der Waals surface area contributed by atoms with E-state index in [0.29, 0.717) is 49.2 Å². The molecule has 0 aromatic heterocycles. The molecule has 0 aliphatic carbocycles. The van der Waals surface area contributed by atoms with Crippen LogP contribution < -0.4 is 9.64 Å². The number of ether oxygens (including phenoxy) is 1. The van der Waals surface area contributed by atoms with Crippen molar-refractivity contribution in [2.24, 2.45) is 5.92 Å². The van der Waals surface area contributed by atoms with Gasteiger partial charge in [0, 0.05) is 25.2 Å². The van der Waals surface area contributed by atoms with Crippen molar-refractivity contribution in [3.8, 4) is 5.75 Å². The van der Waals surface area contributed by atoms with E-state index < -0.39 is 11.7 Å². The Morgan fingerprint density at radius 2 is 1.97 bits per heavy atom. The quantitative estimate of drug-likeness (QED) is 0.458. The molecule has 184 valence electrons. The molecule has 0 radical (unpaired) electrons. The summed E-state index contributed by atoms with van der Waals surface area (Å²) in [6.45, 7) is 5.12. The molecule has 5 nitrogen and oxygen atoms in total. The van der Waals surface area contributed by atoms with Gasteiger partial charge in [-0.25, -0.2) is 0 Å². The van der Waals surface area contributed by atoms with E-state index in [1.54, 1.807) is 30.1 Å². The lowest BCUT2D eigenvalue weighted by Crippen LogP contribution is -2.38. The normalized spacial score (nSPS) is 13.5. The number of hydrogen-bond donors (Lipinski definition) is 0. The number of aldehydes is 1. The van der Waals surface area contributed by atoms with Crippen LogP contribution in [0.2, 0.25) is 0 Å². The van der Waals surface area contributed by atoms with E-state index in [1.165, 1.54) is 6.07 Å². The van der Waals surface area contributed by atoms with Crippen LogP contribution in [0.5, 0.6) is 5.75 Å². The first-order chi connectivity index (χ1) is 16.1. The Kier molecular flexibility index (Phi) is 8.36. The van der Waals surface area contributed by atoms with Crippen molar-refractivity contribution in [1.82, 2.24) is 4.90 Å². The van der Waals surface area contributed by atoms with Gasteiger partial charge in [0.05, 0.1) is 12.1 Å². The molecule has 1 heterocycles. The number of halogens is 3. The highest BCUT2D eigenvalue weighted by Gasteiger charge is 2.33. The summed E-state index contributed by atoms with van der Waals surface area (Å²) in [7, 11) is 1.80. The molecule has 0 fully saturated rings. The van der Waals surface area contributed by atoms with E-state index in [1.807, 2.05) is 30.9 Å². The third-order valence-corrected chi connectivity index (χ3v) is 5.79. The third kappa shape index (κ3) is 6.59. The molecule has 3 rings (SSSR count). The van der Waals surface area contributed by atoms with E-state index in [9.17, 15) is 22.8 Å². The zero-order valence-corrected chi connectivity index (χ0v) is 19.8. The van der Waals surface area contributed by atoms with E-state index in [4.69, 9.17) is 4.74 Å². The molecule has 0 saturated carbocycles. The Morgan fingerprint density at radius 1 is 1.21 bits per heavy atom. The number of nitrogens with zero attached hydrogens (tertiary/aromatic N) is 2. The number of anilines is 1. The maximum absolute atomic E-state index is 13.5. The summed E-state index contributed by atoms with van der Waals surface area (Å²) >= 11 is 0. The van der Waals surface area contributed by atoms with Gasteiger partial charge >= 0.3 is 6.18 Å². The number of carbonyl (C=O) groups is 2. The Hall–Kier alpha value is -2.87. The van der Waals surface area contributed by atoms with Crippen LogP contribution in [-0.2, 0) is 35.2 Å². The van der Waals surface area contributed by atoms with Gasteiger partial charge in [0.2, 0.25) is 5.91 Å². The maximum atomic E-state index is 13.5. The fraction of sp³-hybridized carbons (Fsp3) is 0.462. The van der Waals surface area contributed by atoms with E-state index >= 15 is 0 Å². The van der Waals surface area contributed by atoms with Crippen molar-refractivity contribution in [1.29, 1.82) is 0 Å². The van der Waals surface area contributed by atoms with E-state index in [2.05, 4.69) is 0 Å². The first-order valence-corrected chi connectivity index (χ1v) is 11.5. The van der Waals surface area contributed by atoms with Crippen LogP contribution in [0.1, 0.15) is 42.5 Å². The number of alkyl halides is 3. The van der Waals surface area contributed by atoms with Crippen molar-refractivity contribution in [2.75, 3.05) is 31.6 Å². The van der Waals surface area contributed by atoms with Crippen LogP contribution in [0.15, 0.2) is 36.4 Å². The molecule has 1 amide bonds. The number of rotatable bonds is 10. The number of benzene rings is 2. The fourth-order valence-corrected chi connectivity index (χ4v) is 4.16. The van der Waals surface area contributed by atoms with Gasteiger partial charge in [-0.2, -0.15) is 13.2 Å². The minimum absolute atomic E-state index is 0.0218. The highest BCUT2D eigenvalue weighted by atomic mass is 19.4. The van der Waals surface area contributed by atoms with Gasteiger partial charge in [0.15, 0.2) is 0 Å². The van der Waals surface area contributed by atoms with E-state index in [0.717, 1.165) is 17.5 Å². The smallest absolute Gasteiger partial charge is 0.416 e. The average Bonchev–Trinajstić information content (AvgIpc) is 3.19. The molecule has 0 unspecified atom stereocenters. The molecule has 8 heteroatoms. The predicted molar refractivity (Wildman–Crippen MR) is 125 cm³/mol. The molecule has 0 bridgehead atoms. The van der Waals surface area contributed by atoms with Crippen LogP contribution >= 0.6 is 0 Å². The fourth-order valence-electron chi connectivity index (χ4n) is 4.16. The van der Waals surface area contributed by atoms with Crippen molar-refractivity contribution in [3.05, 3.63) is 58.7 Å². The number of amides is 1. The van der Waals surface area contributed by atoms with Crippen molar-refractivity contribution >= 4 is 17.9 Å². The summed E-state index contributed by atoms with van der Waals surface area (Å²) in [6.07, 6.45) is -2.16. The van der Waals surface area contributed by atoms with Crippen LogP contribution in [0.25, 0.3) is 0 Å². The van der Waals surface area contributed by atoms with Gasteiger partial charge in [-0.05, 0) is 66.8 Å². The Balaban J connectivity index is 1.66. The summed E-state index contributed by atoms with van der Waals surface area (Å²) in [4.78, 5) is 26.7. The third-order valence-electron chi connectivity index (χ3n) is 5.79. The Morgan fingerprint density at radius 3 is 2.65 bits per heavy atom. The zero-order chi connectivity index (χ0) is 24.9. The number of fused-ring (bicyclic) bond motifs is 1. The molecule has 0 spiro atoms. The lowest BCUT2D eigenvalue weighted by atomic mass is 9.96. The number of carbonyl (C=O) groups excluding carboxylic acids is 2. The second kappa shape index (κ2) is 11.0. The lowest BCUT2D eigenvalue weighted by Gasteiger charge is -2.21. The number of likely N-dealkylation sites (N-methyl/N-ethyl adjacent to an activating group) is 1. The first-order valence-electron chi connectivity index (χ1n) is 11.5. The summed E-state index contributed by atoms with van der Waals surface area (Å²) < 4.78 is 46.4. The summed E-state index contributed by atoms with van der Waals surface area (Å²) in [5.41, 5.74) is 1.92. The van der Waals surface area contributed by atoms with Crippen molar-refractivity contribution < 1.29 is 27.5 Å². The highest BCUT2D eigenvalue weighted by Crippen LogP contribution is 2.35. The topological polar surface area (TPSA) is 49.9 Å². The minimum Gasteiger partial charge on any atom is -0.489 e. The molecular formula is C26H31F3N2O3. The zero-order valence-electron chi connectivity index (χ0n) is 19.8. The Labute approximate surface area is 198 Å². The lowest BCUT2D eigenvalue weighted by molar-refractivity contribution is -0.138. The standard InChI is InChI=1S/C26H31F3N2O3/c1-18(2)13-20-6-5-19(14-23(20)26(27,28)29)17-34-22-7-8-24-21(15-22)9-11-31(24)25(33)16-30(3)10-4-12-32/h5-8,12,14-15,18H,4,9-11,13,16-17H2,1-3H3. The van der Waals surface area contributed by atoms with Crippen LogP contribution in [0, 0.1) is 5.92 Å². The molecule has 1 aliphatic heterocycles. The second-order valence-corrected chi connectivity index (χ2v) is 9.15. The maximum Gasteiger partial charge on any atom is 0.416 e. The van der Waals surface area contributed by atoms with Crippen molar-refractivity contribution in [3.63, 3.8) is 0 Å². The molecule has 34 heavy (non-hydrogen) atoms. The van der Waals surface area contributed by atoms with Gasteiger partial charge in [-0.3, -0.25) is 9.69 Å². The van der Waals surface area contributed by atoms with Crippen LogP contribution in [0.4, 0.5) is 18.9 Å². The summed E-state index contributed by atoms with van der Waals surface area (Å²) in [5, 5.41) is 0. The minimum atomic E-state index is -4.41. The SMILES string of the molecule is CC(C)Cc1ccc(COc2ccc3c(c2)CCN3C(=O)CN(C)CCC=O)cc1C(F)(F)F. The van der Waals surface area contributed by atoms with Gasteiger partial charge < -0.3 is 14.4 Å². The van der Waals surface area contributed by atoms with E-state index in [-0.39, 0.29) is 25.0 Å². The average molecular weight is 477 g/mol. The predicted octanol–water partition coefficient (Wildman–Crippen LogP) is 4.89. The molecule has 2 aromatic rings.